The van der Waals surface area contributed by atoms with E-state index in [9.17, 15) is 14.7 Å². The summed E-state index contributed by atoms with van der Waals surface area (Å²) in [7, 11) is 1.61. The van der Waals surface area contributed by atoms with Crippen LogP contribution >= 0.6 is 11.8 Å². The van der Waals surface area contributed by atoms with Crippen LogP contribution in [0.4, 0.5) is 5.69 Å². The lowest BCUT2D eigenvalue weighted by molar-refractivity contribution is -0.304. The number of ether oxygens (including phenoxy) is 1. The fraction of sp³-hybridized carbons (Fsp3) is 0.250. The number of carboxylic acid groups (broad SMARTS) is 1. The van der Waals surface area contributed by atoms with Gasteiger partial charge in [-0.05, 0) is 36.2 Å². The van der Waals surface area contributed by atoms with E-state index in [0.717, 1.165) is 23.1 Å². The van der Waals surface area contributed by atoms with E-state index in [1.807, 2.05) is 54.6 Å². The molecule has 2 aromatic rings. The number of hydrogen-bond donors (Lipinski definition) is 0. The Balaban J connectivity index is 1.79. The Hall–Kier alpha value is -2.80. The molecule has 2 aromatic carbocycles. The molecule has 1 saturated heterocycles. The lowest BCUT2D eigenvalue weighted by atomic mass is 10.1. The van der Waals surface area contributed by atoms with Crippen molar-refractivity contribution >= 4 is 34.5 Å². The van der Waals surface area contributed by atoms with Crippen LogP contribution < -0.4 is 9.84 Å². The molecule has 0 saturated carbocycles. The van der Waals surface area contributed by atoms with Crippen molar-refractivity contribution in [2.24, 2.45) is 4.99 Å². The van der Waals surface area contributed by atoms with Crippen LogP contribution in [0.25, 0.3) is 0 Å². The summed E-state index contributed by atoms with van der Waals surface area (Å²) in [6.45, 7) is 0.420. The second-order valence-electron chi connectivity index (χ2n) is 6.00. The molecule has 0 bridgehead atoms. The predicted octanol–water partition coefficient (Wildman–Crippen LogP) is 2.01. The Morgan fingerprint density at radius 2 is 1.93 bits per heavy atom. The van der Waals surface area contributed by atoms with Crippen molar-refractivity contribution in [2.75, 3.05) is 13.7 Å². The van der Waals surface area contributed by atoms with Gasteiger partial charge in [0, 0.05) is 13.0 Å². The van der Waals surface area contributed by atoms with Gasteiger partial charge in [-0.3, -0.25) is 9.69 Å². The third kappa shape index (κ3) is 4.89. The molecule has 0 aromatic heterocycles. The van der Waals surface area contributed by atoms with Crippen molar-refractivity contribution in [1.82, 2.24) is 4.90 Å². The highest BCUT2D eigenvalue weighted by molar-refractivity contribution is 8.15. The monoisotopic (exact) mass is 383 g/mol. The van der Waals surface area contributed by atoms with Crippen LogP contribution in [0.1, 0.15) is 12.0 Å². The summed E-state index contributed by atoms with van der Waals surface area (Å²) >= 11 is 1.06. The molecule has 0 spiro atoms. The van der Waals surface area contributed by atoms with Gasteiger partial charge in [-0.1, -0.05) is 42.1 Å². The minimum Gasteiger partial charge on any atom is -0.549 e. The molecule has 140 valence electrons. The Kier molecular flexibility index (Phi) is 6.13. The van der Waals surface area contributed by atoms with Gasteiger partial charge < -0.3 is 14.6 Å². The summed E-state index contributed by atoms with van der Waals surface area (Å²) in [6.07, 6.45) is 0.531. The summed E-state index contributed by atoms with van der Waals surface area (Å²) in [6, 6.07) is 16.8. The van der Waals surface area contributed by atoms with Crippen molar-refractivity contribution in [3.8, 4) is 5.75 Å². The number of aliphatic imine (C=N–C) groups is 1. The average molecular weight is 383 g/mol. The maximum Gasteiger partial charge on any atom is 0.230 e. The van der Waals surface area contributed by atoms with E-state index in [4.69, 9.17) is 4.74 Å². The average Bonchev–Trinajstić information content (AvgIpc) is 2.68. The summed E-state index contributed by atoms with van der Waals surface area (Å²) in [5.74, 6) is -0.735. The van der Waals surface area contributed by atoms with E-state index in [1.54, 1.807) is 12.0 Å². The Labute approximate surface area is 161 Å². The first kappa shape index (κ1) is 19.0. The van der Waals surface area contributed by atoms with Crippen molar-refractivity contribution in [1.29, 1.82) is 0 Å². The molecule has 1 fully saturated rings. The van der Waals surface area contributed by atoms with Crippen molar-refractivity contribution in [3.63, 3.8) is 0 Å². The number of carbonyl (C=O) groups is 2. The lowest BCUT2D eigenvalue weighted by Crippen LogP contribution is -2.48. The number of carbonyl (C=O) groups excluding carboxylic acids is 2. The van der Waals surface area contributed by atoms with Crippen LogP contribution in [0.2, 0.25) is 0 Å². The molecule has 1 atom stereocenters. The van der Waals surface area contributed by atoms with Crippen LogP contribution in [0.3, 0.4) is 0 Å². The van der Waals surface area contributed by atoms with Crippen LogP contribution in [-0.4, -0.2) is 40.8 Å². The maximum absolute atomic E-state index is 12.6. The SMILES string of the molecule is COc1ccc(CCN2C(=O)C[C@H](C(=O)[O-])SC2=Nc2ccccc2)cc1. The number of thioether (sulfide) groups is 1. The molecule has 1 heterocycles. The fourth-order valence-corrected chi connectivity index (χ4v) is 3.75. The number of hydrogen-bond acceptors (Lipinski definition) is 6. The highest BCUT2D eigenvalue weighted by Crippen LogP contribution is 2.29. The molecule has 27 heavy (non-hydrogen) atoms. The van der Waals surface area contributed by atoms with Gasteiger partial charge in [0.1, 0.15) is 5.75 Å². The Morgan fingerprint density at radius 1 is 1.22 bits per heavy atom. The fourth-order valence-electron chi connectivity index (χ4n) is 2.69. The largest absolute Gasteiger partial charge is 0.549 e. The number of rotatable bonds is 6. The number of aliphatic carboxylic acids is 1. The summed E-state index contributed by atoms with van der Waals surface area (Å²) in [5, 5.41) is 10.7. The molecule has 7 heteroatoms. The zero-order valence-corrected chi connectivity index (χ0v) is 15.6. The molecule has 1 aliphatic heterocycles. The summed E-state index contributed by atoms with van der Waals surface area (Å²) in [4.78, 5) is 29.9. The lowest BCUT2D eigenvalue weighted by Gasteiger charge is -2.32. The first-order valence-corrected chi connectivity index (χ1v) is 9.39. The van der Waals surface area contributed by atoms with Gasteiger partial charge >= 0.3 is 0 Å². The van der Waals surface area contributed by atoms with Crippen LogP contribution in [-0.2, 0) is 16.0 Å². The second-order valence-corrected chi connectivity index (χ2v) is 7.17. The van der Waals surface area contributed by atoms with E-state index in [2.05, 4.69) is 4.99 Å². The molecule has 0 N–H and O–H groups in total. The van der Waals surface area contributed by atoms with Gasteiger partial charge in [0.25, 0.3) is 0 Å². The zero-order valence-electron chi connectivity index (χ0n) is 14.8. The van der Waals surface area contributed by atoms with Gasteiger partial charge in [-0.15, -0.1) is 0 Å². The van der Waals surface area contributed by atoms with E-state index in [-0.39, 0.29) is 12.3 Å². The topological polar surface area (TPSA) is 82.0 Å². The van der Waals surface area contributed by atoms with Crippen LogP contribution in [0.15, 0.2) is 59.6 Å². The third-order valence-electron chi connectivity index (χ3n) is 4.17. The quantitative estimate of drug-likeness (QED) is 0.762. The Bertz CT molecular complexity index is 837. The smallest absolute Gasteiger partial charge is 0.230 e. The van der Waals surface area contributed by atoms with E-state index < -0.39 is 11.2 Å². The van der Waals surface area contributed by atoms with Crippen molar-refractivity contribution < 1.29 is 19.4 Å². The number of nitrogens with zero attached hydrogens (tertiary/aromatic N) is 2. The summed E-state index contributed by atoms with van der Waals surface area (Å²) in [5.41, 5.74) is 1.72. The number of methoxy groups -OCH3 is 1. The predicted molar refractivity (Wildman–Crippen MR) is 103 cm³/mol. The standard InChI is InChI=1S/C20H20N2O4S/c1-26-16-9-7-14(8-10-16)11-12-22-18(23)13-17(19(24)25)27-20(22)21-15-5-3-2-4-6-15/h2-10,17H,11-13H2,1H3,(H,24,25)/p-1/t17-/m1/s1. The normalized spacial score (nSPS) is 18.6. The minimum absolute atomic E-state index is 0.0938. The van der Waals surface area contributed by atoms with E-state index in [0.29, 0.717) is 23.8 Å². The molecule has 3 rings (SSSR count). The first-order chi connectivity index (χ1) is 13.1. The molecule has 0 unspecified atom stereocenters. The number of benzene rings is 2. The number of amides is 1. The molecular weight excluding hydrogens is 364 g/mol. The van der Waals surface area contributed by atoms with Gasteiger partial charge in [0.2, 0.25) is 5.91 Å². The Morgan fingerprint density at radius 3 is 2.56 bits per heavy atom. The van der Waals surface area contributed by atoms with Crippen molar-refractivity contribution in [3.05, 3.63) is 60.2 Å². The molecule has 0 aliphatic carbocycles. The van der Waals surface area contributed by atoms with Gasteiger partial charge in [-0.2, -0.15) is 0 Å². The van der Waals surface area contributed by atoms with Gasteiger partial charge in [0.15, 0.2) is 5.17 Å². The first-order valence-electron chi connectivity index (χ1n) is 8.51. The number of para-hydroxylation sites is 1. The molecule has 0 radical (unpaired) electrons. The van der Waals surface area contributed by atoms with Crippen molar-refractivity contribution in [2.45, 2.75) is 18.1 Å². The van der Waals surface area contributed by atoms with Gasteiger partial charge in [0.05, 0.1) is 24.0 Å². The second kappa shape index (κ2) is 8.73. The minimum atomic E-state index is -1.25. The number of carboxylic acids is 1. The molecule has 1 amide bonds. The highest BCUT2D eigenvalue weighted by atomic mass is 32.2. The molecular formula is C20H19N2O4S-. The van der Waals surface area contributed by atoms with E-state index in [1.165, 1.54) is 0 Å². The summed E-state index contributed by atoms with van der Waals surface area (Å²) < 4.78 is 5.15. The maximum atomic E-state index is 12.6. The van der Waals surface area contributed by atoms with E-state index >= 15 is 0 Å². The van der Waals surface area contributed by atoms with Crippen LogP contribution in [0, 0.1) is 0 Å². The van der Waals surface area contributed by atoms with Crippen LogP contribution in [0.5, 0.6) is 5.75 Å². The zero-order chi connectivity index (χ0) is 19.2. The molecule has 6 nitrogen and oxygen atoms in total. The third-order valence-corrected chi connectivity index (χ3v) is 5.33. The number of amidine groups is 1. The highest BCUT2D eigenvalue weighted by Gasteiger charge is 2.32. The molecule has 1 aliphatic rings. The van der Waals surface area contributed by atoms with Gasteiger partial charge in [-0.25, -0.2) is 4.99 Å².